The van der Waals surface area contributed by atoms with Gasteiger partial charge in [-0.15, -0.1) is 0 Å². The Kier molecular flexibility index (Phi) is 10.7. The van der Waals surface area contributed by atoms with Crippen molar-refractivity contribution in [1.82, 2.24) is 10.2 Å². The number of benzene rings is 4. The van der Waals surface area contributed by atoms with Gasteiger partial charge in [0.2, 0.25) is 0 Å². The molecule has 7 nitrogen and oxygen atoms in total. The molecule has 0 heterocycles. The highest BCUT2D eigenvalue weighted by Crippen LogP contribution is 2.29. The van der Waals surface area contributed by atoms with Crippen LogP contribution < -0.4 is 10.1 Å². The van der Waals surface area contributed by atoms with Crippen molar-refractivity contribution in [3.05, 3.63) is 124 Å². The SMILES string of the molecule is CCOc1ccccc1CCN(CCC(=O)O)C(=O)c1ccccc1-c1ccccc1C(=O)NCc1ccc(Cl)cc1. The van der Waals surface area contributed by atoms with E-state index in [2.05, 4.69) is 5.32 Å². The maximum atomic E-state index is 14.0. The van der Waals surface area contributed by atoms with Gasteiger partial charge in [0.15, 0.2) is 0 Å². The largest absolute Gasteiger partial charge is 0.494 e. The van der Waals surface area contributed by atoms with Crippen LogP contribution in [0.3, 0.4) is 0 Å². The number of nitrogens with zero attached hydrogens (tertiary/aromatic N) is 1. The third-order valence-corrected chi connectivity index (χ3v) is 7.04. The number of nitrogens with one attached hydrogen (secondary N) is 1. The molecule has 0 atom stereocenters. The molecule has 4 aromatic rings. The van der Waals surface area contributed by atoms with E-state index in [1.807, 2.05) is 61.5 Å². The second-order valence-electron chi connectivity index (χ2n) is 9.63. The van der Waals surface area contributed by atoms with E-state index < -0.39 is 5.97 Å². The molecule has 8 heteroatoms. The maximum absolute atomic E-state index is 14.0. The van der Waals surface area contributed by atoms with E-state index in [-0.39, 0.29) is 24.8 Å². The van der Waals surface area contributed by atoms with Crippen LogP contribution in [0.4, 0.5) is 0 Å². The van der Waals surface area contributed by atoms with Crippen molar-refractivity contribution < 1.29 is 24.2 Å². The molecule has 0 saturated carbocycles. The Morgan fingerprint density at radius 1 is 0.810 bits per heavy atom. The molecular formula is C34H33ClN2O5. The Hall–Kier alpha value is -4.62. The van der Waals surface area contributed by atoms with Crippen LogP contribution in [-0.2, 0) is 17.8 Å². The number of ether oxygens (including phenoxy) is 1. The molecule has 0 aliphatic carbocycles. The second-order valence-corrected chi connectivity index (χ2v) is 10.1. The molecule has 216 valence electrons. The van der Waals surface area contributed by atoms with E-state index in [1.54, 1.807) is 47.4 Å². The molecule has 42 heavy (non-hydrogen) atoms. The second kappa shape index (κ2) is 14.8. The first kappa shape index (κ1) is 30.3. The molecule has 4 rings (SSSR count). The highest BCUT2D eigenvalue weighted by molar-refractivity contribution is 6.30. The minimum Gasteiger partial charge on any atom is -0.494 e. The van der Waals surface area contributed by atoms with Crippen LogP contribution in [0.2, 0.25) is 5.02 Å². The molecule has 0 aliphatic heterocycles. The highest BCUT2D eigenvalue weighted by atomic mass is 35.5. The molecule has 0 saturated heterocycles. The van der Waals surface area contributed by atoms with Crippen LogP contribution in [-0.4, -0.2) is 47.5 Å². The summed E-state index contributed by atoms with van der Waals surface area (Å²) in [6.07, 6.45) is 0.304. The highest BCUT2D eigenvalue weighted by Gasteiger charge is 2.23. The quantitative estimate of drug-likeness (QED) is 0.187. The lowest BCUT2D eigenvalue weighted by Gasteiger charge is -2.24. The summed E-state index contributed by atoms with van der Waals surface area (Å²) in [6.45, 7) is 3.08. The van der Waals surface area contributed by atoms with Gasteiger partial charge < -0.3 is 20.1 Å². The van der Waals surface area contributed by atoms with Crippen molar-refractivity contribution in [2.75, 3.05) is 19.7 Å². The van der Waals surface area contributed by atoms with Gasteiger partial charge in [0.25, 0.3) is 11.8 Å². The first-order valence-corrected chi connectivity index (χ1v) is 14.2. The Morgan fingerprint density at radius 2 is 1.43 bits per heavy atom. The Morgan fingerprint density at radius 3 is 2.12 bits per heavy atom. The van der Waals surface area contributed by atoms with E-state index in [0.717, 1.165) is 16.9 Å². The smallest absolute Gasteiger partial charge is 0.305 e. The number of hydrogen-bond acceptors (Lipinski definition) is 4. The van der Waals surface area contributed by atoms with Gasteiger partial charge in [-0.25, -0.2) is 0 Å². The average Bonchev–Trinajstić information content (AvgIpc) is 3.01. The van der Waals surface area contributed by atoms with Crippen molar-refractivity contribution in [3.8, 4) is 16.9 Å². The number of carbonyl (C=O) groups excluding carboxylic acids is 2. The van der Waals surface area contributed by atoms with Crippen molar-refractivity contribution in [1.29, 1.82) is 0 Å². The first-order valence-electron chi connectivity index (χ1n) is 13.8. The molecule has 0 aliphatic rings. The summed E-state index contributed by atoms with van der Waals surface area (Å²) in [5.74, 6) is -0.835. The van der Waals surface area contributed by atoms with E-state index in [9.17, 15) is 19.5 Å². The zero-order valence-electron chi connectivity index (χ0n) is 23.4. The minimum absolute atomic E-state index is 0.0442. The zero-order valence-corrected chi connectivity index (χ0v) is 24.1. The van der Waals surface area contributed by atoms with E-state index in [1.165, 1.54) is 0 Å². The van der Waals surface area contributed by atoms with Crippen molar-refractivity contribution >= 4 is 29.4 Å². The van der Waals surface area contributed by atoms with Crippen molar-refractivity contribution in [3.63, 3.8) is 0 Å². The summed E-state index contributed by atoms with van der Waals surface area (Å²) in [5, 5.41) is 12.9. The minimum atomic E-state index is -0.987. The molecule has 2 amide bonds. The summed E-state index contributed by atoms with van der Waals surface area (Å²) < 4.78 is 5.74. The molecule has 0 radical (unpaired) electrons. The van der Waals surface area contributed by atoms with Gasteiger partial charge in [0.05, 0.1) is 13.0 Å². The van der Waals surface area contributed by atoms with Crippen LogP contribution in [0.15, 0.2) is 97.1 Å². The number of hydrogen-bond donors (Lipinski definition) is 2. The monoisotopic (exact) mass is 584 g/mol. The zero-order chi connectivity index (χ0) is 29.9. The number of halogens is 1. The molecule has 0 unspecified atom stereocenters. The van der Waals surface area contributed by atoms with Gasteiger partial charge in [-0.05, 0) is 65.9 Å². The molecule has 0 fully saturated rings. The number of carboxylic acid groups (broad SMARTS) is 1. The summed E-state index contributed by atoms with van der Waals surface area (Å²) in [6, 6.07) is 29.1. The molecule has 0 spiro atoms. The van der Waals surface area contributed by atoms with Crippen LogP contribution in [0.1, 0.15) is 45.2 Å². The molecule has 0 aromatic heterocycles. The molecule has 0 bridgehead atoms. The molecule has 4 aromatic carbocycles. The summed E-state index contributed by atoms with van der Waals surface area (Å²) >= 11 is 5.97. The third-order valence-electron chi connectivity index (χ3n) is 6.79. The standard InChI is InChI=1S/C34H33ClN2O5/c1-2-42-31-14-8-3-9-25(31)19-21-37(22-20-32(38)39)34(41)30-13-7-5-11-28(30)27-10-4-6-12-29(27)33(40)36-23-24-15-17-26(35)18-16-24/h3-18H,2,19-23H2,1H3,(H,36,40)(H,38,39). The van der Waals surface area contributed by atoms with Crippen molar-refractivity contribution in [2.45, 2.75) is 26.3 Å². The van der Waals surface area contributed by atoms with Crippen molar-refractivity contribution in [2.24, 2.45) is 0 Å². The first-order chi connectivity index (χ1) is 20.4. The van der Waals surface area contributed by atoms with Gasteiger partial charge in [0, 0.05) is 35.8 Å². The fourth-order valence-corrected chi connectivity index (χ4v) is 4.80. The lowest BCUT2D eigenvalue weighted by Crippen LogP contribution is -2.35. The lowest BCUT2D eigenvalue weighted by molar-refractivity contribution is -0.137. The van der Waals surface area contributed by atoms with Gasteiger partial charge in [-0.1, -0.05) is 78.3 Å². The summed E-state index contributed by atoms with van der Waals surface area (Å²) in [4.78, 5) is 40.3. The predicted molar refractivity (Wildman–Crippen MR) is 164 cm³/mol. The normalized spacial score (nSPS) is 10.6. The lowest BCUT2D eigenvalue weighted by atomic mass is 9.94. The summed E-state index contributed by atoms with van der Waals surface area (Å²) in [7, 11) is 0. The summed E-state index contributed by atoms with van der Waals surface area (Å²) in [5.41, 5.74) is 3.85. The Bertz CT molecular complexity index is 1540. The average molecular weight is 585 g/mol. The van der Waals surface area contributed by atoms with E-state index in [4.69, 9.17) is 16.3 Å². The van der Waals surface area contributed by atoms with E-state index >= 15 is 0 Å². The van der Waals surface area contributed by atoms with Gasteiger partial charge in [-0.2, -0.15) is 0 Å². The maximum Gasteiger partial charge on any atom is 0.305 e. The molecule has 2 N–H and O–H groups in total. The molecular weight excluding hydrogens is 552 g/mol. The Labute approximate surface area is 250 Å². The van der Waals surface area contributed by atoms with Crippen LogP contribution in [0.25, 0.3) is 11.1 Å². The predicted octanol–water partition coefficient (Wildman–Crippen LogP) is 6.50. The van der Waals surface area contributed by atoms with Crippen LogP contribution >= 0.6 is 11.6 Å². The van der Waals surface area contributed by atoms with E-state index in [0.29, 0.717) is 53.4 Å². The van der Waals surface area contributed by atoms with Gasteiger partial charge >= 0.3 is 5.97 Å². The number of amides is 2. The number of rotatable bonds is 13. The third kappa shape index (κ3) is 7.98. The number of carboxylic acids is 1. The van der Waals surface area contributed by atoms with Crippen LogP contribution in [0.5, 0.6) is 5.75 Å². The van der Waals surface area contributed by atoms with Gasteiger partial charge in [0.1, 0.15) is 5.75 Å². The number of carbonyl (C=O) groups is 3. The van der Waals surface area contributed by atoms with Gasteiger partial charge in [-0.3, -0.25) is 14.4 Å². The van der Waals surface area contributed by atoms with Crippen LogP contribution in [0, 0.1) is 0 Å². The number of aliphatic carboxylic acids is 1. The topological polar surface area (TPSA) is 95.9 Å². The Balaban J connectivity index is 1.60. The number of para-hydroxylation sites is 1. The fourth-order valence-electron chi connectivity index (χ4n) is 4.68. The fraction of sp³-hybridized carbons (Fsp3) is 0.206.